The first-order valence-corrected chi connectivity index (χ1v) is 6.56. The number of hydrogen-bond donors (Lipinski definition) is 0. The largest absolute Gasteiger partial charge is 0.469 e. The van der Waals surface area contributed by atoms with Gasteiger partial charge in [0.25, 0.3) is 0 Å². The maximum Gasteiger partial charge on any atom is 0.416 e. The fourth-order valence-corrected chi connectivity index (χ4v) is 1.99. The van der Waals surface area contributed by atoms with E-state index in [2.05, 4.69) is 9.73 Å². The molecule has 0 N–H and O–H groups in total. The first-order chi connectivity index (χ1) is 10.4. The highest BCUT2D eigenvalue weighted by Gasteiger charge is 2.30. The summed E-state index contributed by atoms with van der Waals surface area (Å²) in [6.45, 7) is 0. The number of methoxy groups -OCH3 is 1. The average Bonchev–Trinajstić information content (AvgIpc) is 2.72. The molecule has 0 saturated carbocycles. The number of esters is 1. The number of hydrogen-bond acceptors (Lipinski definition) is 3. The molecule has 0 amide bonds. The Balaban J connectivity index is 2.13. The van der Waals surface area contributed by atoms with Gasteiger partial charge in [0, 0.05) is 12.4 Å². The second-order valence-electron chi connectivity index (χ2n) is 4.76. The molecule has 22 heavy (non-hydrogen) atoms. The second kappa shape index (κ2) is 6.60. The Morgan fingerprint density at radius 1 is 1.27 bits per heavy atom. The van der Waals surface area contributed by atoms with Crippen molar-refractivity contribution in [3.8, 4) is 0 Å². The zero-order chi connectivity index (χ0) is 16.2. The summed E-state index contributed by atoms with van der Waals surface area (Å²) in [5.74, 6) is -0.354. The Bertz CT molecular complexity index is 640. The van der Waals surface area contributed by atoms with E-state index in [1.807, 2.05) is 6.08 Å². The zero-order valence-electron chi connectivity index (χ0n) is 11.9. The molecule has 0 saturated heterocycles. The van der Waals surface area contributed by atoms with Crippen molar-refractivity contribution in [1.82, 2.24) is 0 Å². The predicted molar refractivity (Wildman–Crippen MR) is 77.2 cm³/mol. The molecule has 1 aliphatic heterocycles. The van der Waals surface area contributed by atoms with Crippen LogP contribution in [0.5, 0.6) is 0 Å². The van der Waals surface area contributed by atoms with Gasteiger partial charge in [0.1, 0.15) is 0 Å². The number of carbonyl (C=O) groups excluding carboxylic acids is 1. The fourth-order valence-electron chi connectivity index (χ4n) is 1.99. The van der Waals surface area contributed by atoms with Gasteiger partial charge in [-0.05, 0) is 35.3 Å². The van der Waals surface area contributed by atoms with Gasteiger partial charge in [-0.3, -0.25) is 9.79 Å². The minimum atomic E-state index is -4.35. The van der Waals surface area contributed by atoms with Gasteiger partial charge in [0.15, 0.2) is 0 Å². The van der Waals surface area contributed by atoms with Gasteiger partial charge in [-0.25, -0.2) is 0 Å². The van der Waals surface area contributed by atoms with Gasteiger partial charge in [0.2, 0.25) is 0 Å². The summed E-state index contributed by atoms with van der Waals surface area (Å²) < 4.78 is 42.2. The molecule has 0 spiro atoms. The number of ether oxygens (including phenoxy) is 1. The van der Waals surface area contributed by atoms with Crippen molar-refractivity contribution >= 4 is 17.8 Å². The highest BCUT2D eigenvalue weighted by molar-refractivity contribution is 6.10. The summed E-state index contributed by atoms with van der Waals surface area (Å²) in [5, 5.41) is 0. The molecule has 0 atom stereocenters. The number of halogens is 3. The van der Waals surface area contributed by atoms with E-state index in [-0.39, 0.29) is 12.4 Å². The van der Waals surface area contributed by atoms with Crippen LogP contribution in [0.1, 0.15) is 24.0 Å². The highest BCUT2D eigenvalue weighted by atomic mass is 19.4. The third kappa shape index (κ3) is 4.07. The van der Waals surface area contributed by atoms with Crippen molar-refractivity contribution in [1.29, 1.82) is 0 Å². The quantitative estimate of drug-likeness (QED) is 0.791. The number of aliphatic imine (C=N–C) groups is 1. The van der Waals surface area contributed by atoms with Crippen molar-refractivity contribution in [2.24, 2.45) is 4.99 Å². The summed E-state index contributed by atoms with van der Waals surface area (Å²) >= 11 is 0. The lowest BCUT2D eigenvalue weighted by molar-refractivity contribution is -0.140. The standard InChI is InChI=1S/C16H14F3NO2/c1-22-15(21)8-11-2-3-13(10-20-9-11)12-4-6-14(7-5-12)16(17,18)19/h3-7,9-10H,2,8H2,1H3. The molecule has 2 rings (SSSR count). The normalized spacial score (nSPS) is 14.9. The van der Waals surface area contributed by atoms with E-state index in [9.17, 15) is 18.0 Å². The van der Waals surface area contributed by atoms with Crippen LogP contribution in [-0.2, 0) is 15.7 Å². The molecule has 116 valence electrons. The molecule has 0 unspecified atom stereocenters. The third-order valence-electron chi connectivity index (χ3n) is 3.20. The summed E-state index contributed by atoms with van der Waals surface area (Å²) in [7, 11) is 1.31. The van der Waals surface area contributed by atoms with Crippen LogP contribution in [0.4, 0.5) is 13.2 Å². The average molecular weight is 309 g/mol. The number of rotatable bonds is 3. The van der Waals surface area contributed by atoms with Gasteiger partial charge in [-0.1, -0.05) is 18.2 Å². The van der Waals surface area contributed by atoms with E-state index in [4.69, 9.17) is 0 Å². The smallest absolute Gasteiger partial charge is 0.416 e. The zero-order valence-corrected chi connectivity index (χ0v) is 11.9. The van der Waals surface area contributed by atoms with Crippen LogP contribution >= 0.6 is 0 Å². The first kappa shape index (κ1) is 16.0. The van der Waals surface area contributed by atoms with Crippen molar-refractivity contribution < 1.29 is 22.7 Å². The number of nitrogens with zero attached hydrogens (tertiary/aromatic N) is 1. The van der Waals surface area contributed by atoms with Crippen LogP contribution in [0.3, 0.4) is 0 Å². The van der Waals surface area contributed by atoms with E-state index < -0.39 is 11.7 Å². The summed E-state index contributed by atoms with van der Waals surface area (Å²) in [5.41, 5.74) is 1.45. The first-order valence-electron chi connectivity index (χ1n) is 6.56. The van der Waals surface area contributed by atoms with Crippen LogP contribution in [0.25, 0.3) is 5.57 Å². The summed E-state index contributed by atoms with van der Waals surface area (Å²) in [6.07, 6.45) is 1.25. The molecule has 1 aliphatic rings. The molecule has 3 nitrogen and oxygen atoms in total. The Kier molecular flexibility index (Phi) is 4.80. The van der Waals surface area contributed by atoms with E-state index in [0.717, 1.165) is 17.7 Å². The Morgan fingerprint density at radius 2 is 1.95 bits per heavy atom. The Morgan fingerprint density at radius 3 is 2.55 bits per heavy atom. The van der Waals surface area contributed by atoms with E-state index in [1.165, 1.54) is 19.2 Å². The Hall–Kier alpha value is -2.37. The molecule has 0 aliphatic carbocycles. The maximum atomic E-state index is 12.5. The van der Waals surface area contributed by atoms with Crippen LogP contribution in [0.15, 0.2) is 47.1 Å². The van der Waals surface area contributed by atoms with Gasteiger partial charge < -0.3 is 4.74 Å². The molecule has 1 aromatic rings. The fraction of sp³-hybridized carbons (Fsp3) is 0.250. The SMILES string of the molecule is COC(=O)CC1=CN=CC(c2ccc(C(F)(F)F)cc2)=CC1. The van der Waals surface area contributed by atoms with Crippen LogP contribution in [0.2, 0.25) is 0 Å². The summed E-state index contributed by atoms with van der Waals surface area (Å²) in [4.78, 5) is 15.3. The van der Waals surface area contributed by atoms with Gasteiger partial charge in [-0.15, -0.1) is 0 Å². The van der Waals surface area contributed by atoms with Gasteiger partial charge >= 0.3 is 12.1 Å². The monoisotopic (exact) mass is 309 g/mol. The topological polar surface area (TPSA) is 38.7 Å². The Labute approximate surface area is 125 Å². The number of benzene rings is 1. The molecule has 1 heterocycles. The van der Waals surface area contributed by atoms with Crippen LogP contribution < -0.4 is 0 Å². The maximum absolute atomic E-state index is 12.5. The van der Waals surface area contributed by atoms with Crippen LogP contribution in [0, 0.1) is 0 Å². The highest BCUT2D eigenvalue weighted by Crippen LogP contribution is 2.30. The summed E-state index contributed by atoms with van der Waals surface area (Å²) in [6, 6.07) is 4.90. The minimum absolute atomic E-state index is 0.143. The molecule has 1 aromatic carbocycles. The van der Waals surface area contributed by atoms with Crippen molar-refractivity contribution in [2.45, 2.75) is 19.0 Å². The number of allylic oxidation sites excluding steroid dienone is 2. The molecule has 6 heteroatoms. The second-order valence-corrected chi connectivity index (χ2v) is 4.76. The van der Waals surface area contributed by atoms with Crippen molar-refractivity contribution in [2.75, 3.05) is 7.11 Å². The lowest BCUT2D eigenvalue weighted by atomic mass is 10.0. The van der Waals surface area contributed by atoms with Crippen molar-refractivity contribution in [3.63, 3.8) is 0 Å². The lowest BCUT2D eigenvalue weighted by Crippen LogP contribution is -2.04. The lowest BCUT2D eigenvalue weighted by Gasteiger charge is -2.08. The molecule has 0 radical (unpaired) electrons. The van der Waals surface area contributed by atoms with Crippen LogP contribution in [-0.4, -0.2) is 19.3 Å². The van der Waals surface area contributed by atoms with Gasteiger partial charge in [-0.2, -0.15) is 13.2 Å². The number of alkyl halides is 3. The van der Waals surface area contributed by atoms with E-state index in [0.29, 0.717) is 17.6 Å². The predicted octanol–water partition coefficient (Wildman–Crippen LogP) is 4.01. The molecule has 0 aromatic heterocycles. The minimum Gasteiger partial charge on any atom is -0.469 e. The van der Waals surface area contributed by atoms with Crippen molar-refractivity contribution in [3.05, 3.63) is 53.2 Å². The molecular weight excluding hydrogens is 295 g/mol. The molecule has 0 bridgehead atoms. The molecular formula is C16H14F3NO2. The van der Waals surface area contributed by atoms with E-state index >= 15 is 0 Å². The number of carbonyl (C=O) groups is 1. The third-order valence-corrected chi connectivity index (χ3v) is 3.20. The van der Waals surface area contributed by atoms with Gasteiger partial charge in [0.05, 0.1) is 19.1 Å². The molecule has 0 fully saturated rings. The van der Waals surface area contributed by atoms with E-state index in [1.54, 1.807) is 12.4 Å².